The lowest BCUT2D eigenvalue weighted by molar-refractivity contribution is 0.0535. The third-order valence-electron chi connectivity index (χ3n) is 6.37. The van der Waals surface area contributed by atoms with Crippen molar-refractivity contribution in [3.8, 4) is 0 Å². The van der Waals surface area contributed by atoms with Crippen molar-refractivity contribution >= 4 is 11.7 Å². The highest BCUT2D eigenvalue weighted by Crippen LogP contribution is 2.39. The lowest BCUT2D eigenvalue weighted by atomic mass is 9.79. The predicted octanol–water partition coefficient (Wildman–Crippen LogP) is 2.27. The van der Waals surface area contributed by atoms with E-state index in [4.69, 9.17) is 5.73 Å². The summed E-state index contributed by atoms with van der Waals surface area (Å²) < 4.78 is 0. The summed E-state index contributed by atoms with van der Waals surface area (Å²) in [6.07, 6.45) is 9.87. The summed E-state index contributed by atoms with van der Waals surface area (Å²) in [6.45, 7) is 3.86. The number of rotatable bonds is 2. The summed E-state index contributed by atoms with van der Waals surface area (Å²) in [5.41, 5.74) is 6.90. The fourth-order valence-electron chi connectivity index (χ4n) is 5.00. The third-order valence-corrected chi connectivity index (χ3v) is 6.37. The van der Waals surface area contributed by atoms with Crippen molar-refractivity contribution in [3.05, 3.63) is 17.6 Å². The summed E-state index contributed by atoms with van der Waals surface area (Å²) in [4.78, 5) is 26.4. The normalized spacial score (nSPS) is 28.1. The Kier molecular flexibility index (Phi) is 4.40. The van der Waals surface area contributed by atoms with Crippen molar-refractivity contribution in [2.24, 2.45) is 5.41 Å². The SMILES string of the molecule is CN1CCC2(CCCN(C(=O)c3cnc(C4CCCC4)nc3N)C2)C1. The maximum absolute atomic E-state index is 13.0. The average Bonchev–Trinajstić information content (AvgIpc) is 3.25. The zero-order valence-electron chi connectivity index (χ0n) is 15.2. The first kappa shape index (κ1) is 16.8. The number of aromatic nitrogens is 2. The van der Waals surface area contributed by atoms with Crippen molar-refractivity contribution in [1.29, 1.82) is 0 Å². The van der Waals surface area contributed by atoms with Crippen LogP contribution in [0.15, 0.2) is 6.20 Å². The first-order chi connectivity index (χ1) is 12.1. The molecule has 1 aromatic rings. The Labute approximate surface area is 149 Å². The lowest BCUT2D eigenvalue weighted by Gasteiger charge is -2.40. The van der Waals surface area contributed by atoms with Crippen LogP contribution >= 0.6 is 0 Å². The summed E-state index contributed by atoms with van der Waals surface area (Å²) in [5, 5.41) is 0. The Balaban J connectivity index is 1.50. The lowest BCUT2D eigenvalue weighted by Crippen LogP contribution is -2.47. The first-order valence-corrected chi connectivity index (χ1v) is 9.67. The van der Waals surface area contributed by atoms with Crippen LogP contribution in [0.2, 0.25) is 0 Å². The average molecular weight is 343 g/mol. The Morgan fingerprint density at radius 2 is 2.00 bits per heavy atom. The molecular weight excluding hydrogens is 314 g/mol. The van der Waals surface area contributed by atoms with Crippen LogP contribution in [0.4, 0.5) is 5.82 Å². The molecule has 1 unspecified atom stereocenters. The van der Waals surface area contributed by atoms with Gasteiger partial charge in [-0.15, -0.1) is 0 Å². The molecule has 1 aromatic heterocycles. The molecule has 1 amide bonds. The first-order valence-electron chi connectivity index (χ1n) is 9.67. The number of nitrogens with two attached hydrogens (primary N) is 1. The second-order valence-electron chi connectivity index (χ2n) is 8.33. The molecule has 6 heteroatoms. The summed E-state index contributed by atoms with van der Waals surface area (Å²) in [6, 6.07) is 0. The van der Waals surface area contributed by atoms with Gasteiger partial charge in [-0.05, 0) is 45.7 Å². The van der Waals surface area contributed by atoms with E-state index in [9.17, 15) is 4.79 Å². The van der Waals surface area contributed by atoms with Crippen molar-refractivity contribution in [3.63, 3.8) is 0 Å². The van der Waals surface area contributed by atoms with Gasteiger partial charge in [0.2, 0.25) is 0 Å². The molecule has 0 bridgehead atoms. The molecule has 1 aliphatic carbocycles. The topological polar surface area (TPSA) is 75.3 Å². The molecule has 4 rings (SSSR count). The molecule has 6 nitrogen and oxygen atoms in total. The highest BCUT2D eigenvalue weighted by molar-refractivity contribution is 5.98. The van der Waals surface area contributed by atoms with Gasteiger partial charge in [0.1, 0.15) is 17.2 Å². The molecule has 3 heterocycles. The zero-order valence-corrected chi connectivity index (χ0v) is 15.2. The van der Waals surface area contributed by atoms with Crippen LogP contribution < -0.4 is 5.73 Å². The number of anilines is 1. The molecule has 1 atom stereocenters. The fourth-order valence-corrected chi connectivity index (χ4v) is 5.00. The minimum atomic E-state index is 0.00380. The number of piperidine rings is 1. The molecule has 0 aromatic carbocycles. The number of carbonyl (C=O) groups excluding carboxylic acids is 1. The molecular formula is C19H29N5O. The van der Waals surface area contributed by atoms with Gasteiger partial charge >= 0.3 is 0 Å². The van der Waals surface area contributed by atoms with E-state index in [0.717, 1.165) is 51.3 Å². The molecule has 0 radical (unpaired) electrons. The van der Waals surface area contributed by atoms with Crippen LogP contribution in [-0.4, -0.2) is 58.9 Å². The number of nitrogen functional groups attached to an aromatic ring is 1. The Morgan fingerprint density at radius 1 is 1.20 bits per heavy atom. The fraction of sp³-hybridized carbons (Fsp3) is 0.737. The van der Waals surface area contributed by atoms with E-state index in [0.29, 0.717) is 17.3 Å². The van der Waals surface area contributed by atoms with Crippen LogP contribution in [0, 0.1) is 5.41 Å². The van der Waals surface area contributed by atoms with E-state index in [1.807, 2.05) is 4.90 Å². The van der Waals surface area contributed by atoms with E-state index < -0.39 is 0 Å². The molecule has 136 valence electrons. The number of hydrogen-bond acceptors (Lipinski definition) is 5. The quantitative estimate of drug-likeness (QED) is 0.891. The van der Waals surface area contributed by atoms with Crippen molar-refractivity contribution in [2.75, 3.05) is 39.0 Å². The van der Waals surface area contributed by atoms with Crippen LogP contribution in [0.25, 0.3) is 0 Å². The van der Waals surface area contributed by atoms with E-state index in [-0.39, 0.29) is 11.3 Å². The van der Waals surface area contributed by atoms with Crippen molar-refractivity contribution < 1.29 is 4.79 Å². The van der Waals surface area contributed by atoms with Crippen LogP contribution in [0.1, 0.15) is 67.0 Å². The van der Waals surface area contributed by atoms with Crippen molar-refractivity contribution in [2.45, 2.75) is 50.9 Å². The molecule has 1 spiro atoms. The number of hydrogen-bond donors (Lipinski definition) is 1. The second-order valence-corrected chi connectivity index (χ2v) is 8.33. The Hall–Kier alpha value is -1.69. The Morgan fingerprint density at radius 3 is 2.68 bits per heavy atom. The number of likely N-dealkylation sites (tertiary alicyclic amines) is 2. The molecule has 2 N–H and O–H groups in total. The maximum atomic E-state index is 13.0. The summed E-state index contributed by atoms with van der Waals surface area (Å²) in [5.74, 6) is 1.59. The van der Waals surface area contributed by atoms with Gasteiger partial charge < -0.3 is 15.5 Å². The third kappa shape index (κ3) is 3.24. The smallest absolute Gasteiger partial charge is 0.259 e. The highest BCUT2D eigenvalue weighted by atomic mass is 16.2. The number of carbonyl (C=O) groups is 1. The van der Waals surface area contributed by atoms with Gasteiger partial charge in [0, 0.05) is 37.2 Å². The molecule has 2 aliphatic heterocycles. The van der Waals surface area contributed by atoms with E-state index in [2.05, 4.69) is 21.9 Å². The van der Waals surface area contributed by atoms with Gasteiger partial charge in [0.05, 0.1) is 0 Å². The van der Waals surface area contributed by atoms with Gasteiger partial charge in [0.25, 0.3) is 5.91 Å². The molecule has 2 saturated heterocycles. The molecule has 1 saturated carbocycles. The summed E-state index contributed by atoms with van der Waals surface area (Å²) in [7, 11) is 2.17. The highest BCUT2D eigenvalue weighted by Gasteiger charge is 2.41. The van der Waals surface area contributed by atoms with Gasteiger partial charge in [-0.25, -0.2) is 9.97 Å². The van der Waals surface area contributed by atoms with Crippen molar-refractivity contribution in [1.82, 2.24) is 19.8 Å². The zero-order chi connectivity index (χ0) is 17.4. The van der Waals surface area contributed by atoms with Gasteiger partial charge in [0.15, 0.2) is 0 Å². The molecule has 3 fully saturated rings. The van der Waals surface area contributed by atoms with E-state index in [1.54, 1.807) is 6.20 Å². The predicted molar refractivity (Wildman–Crippen MR) is 97.3 cm³/mol. The van der Waals surface area contributed by atoms with Crippen LogP contribution in [-0.2, 0) is 0 Å². The van der Waals surface area contributed by atoms with Gasteiger partial charge in [-0.1, -0.05) is 12.8 Å². The monoisotopic (exact) mass is 343 g/mol. The molecule has 25 heavy (non-hydrogen) atoms. The second kappa shape index (κ2) is 6.56. The van der Waals surface area contributed by atoms with Crippen LogP contribution in [0.5, 0.6) is 0 Å². The molecule has 3 aliphatic rings. The van der Waals surface area contributed by atoms with Gasteiger partial charge in [-0.2, -0.15) is 0 Å². The summed E-state index contributed by atoms with van der Waals surface area (Å²) >= 11 is 0. The largest absolute Gasteiger partial charge is 0.383 e. The minimum absolute atomic E-state index is 0.00380. The van der Waals surface area contributed by atoms with Gasteiger partial charge in [-0.3, -0.25) is 4.79 Å². The Bertz CT molecular complexity index is 653. The standard InChI is InChI=1S/C19H29N5O/c1-23-10-8-19(12-23)7-4-9-24(13-19)18(25)15-11-21-17(22-16(15)20)14-5-2-3-6-14/h11,14H,2-10,12-13H2,1H3,(H2,20,21,22). The number of amides is 1. The van der Waals surface area contributed by atoms with E-state index in [1.165, 1.54) is 25.7 Å². The van der Waals surface area contributed by atoms with Crippen LogP contribution in [0.3, 0.4) is 0 Å². The number of nitrogens with zero attached hydrogens (tertiary/aromatic N) is 4. The maximum Gasteiger partial charge on any atom is 0.259 e. The minimum Gasteiger partial charge on any atom is -0.383 e. The van der Waals surface area contributed by atoms with E-state index >= 15 is 0 Å².